The number of carbonyl (C=O) groups is 1. The quantitative estimate of drug-likeness (QED) is 0.281. The molecule has 0 heterocycles. The van der Waals surface area contributed by atoms with Crippen LogP contribution in [0.25, 0.3) is 10.8 Å². The molecule has 5 heteroatoms. The highest BCUT2D eigenvalue weighted by Gasteiger charge is 2.23. The van der Waals surface area contributed by atoms with E-state index in [-0.39, 0.29) is 0 Å². The second-order valence-corrected chi connectivity index (χ2v) is 8.58. The van der Waals surface area contributed by atoms with Gasteiger partial charge in [0.2, 0.25) is 0 Å². The van der Waals surface area contributed by atoms with Gasteiger partial charge in [-0.2, -0.15) is 0 Å². The molecule has 0 amide bonds. The van der Waals surface area contributed by atoms with Crippen LogP contribution in [0.1, 0.15) is 31.9 Å². The number of nitrogens with zero attached hydrogens (tertiary/aromatic N) is 1. The maximum atomic E-state index is 12.4. The number of rotatable bonds is 6. The van der Waals surface area contributed by atoms with Gasteiger partial charge in [0.15, 0.2) is 0 Å². The second-order valence-electron chi connectivity index (χ2n) is 7.67. The first-order chi connectivity index (χ1) is 13.1. The van der Waals surface area contributed by atoms with Crippen molar-refractivity contribution < 1.29 is 14.3 Å². The van der Waals surface area contributed by atoms with Crippen molar-refractivity contribution in [1.82, 2.24) is 0 Å². The lowest BCUT2D eigenvalue weighted by atomic mass is 9.97. The Balaban J connectivity index is 2.70. The van der Waals surface area contributed by atoms with Crippen LogP contribution in [-0.2, 0) is 4.74 Å². The lowest BCUT2D eigenvalue weighted by molar-refractivity contribution is 0.0208. The molecule has 0 fully saturated rings. The van der Waals surface area contributed by atoms with Crippen LogP contribution in [-0.4, -0.2) is 24.8 Å². The molecular weight excluding hydrogens is 418 g/mol. The molecule has 0 bridgehead atoms. The van der Waals surface area contributed by atoms with Crippen LogP contribution < -0.4 is 9.64 Å². The van der Waals surface area contributed by atoms with Gasteiger partial charge in [0.25, 0.3) is 0 Å². The summed E-state index contributed by atoms with van der Waals surface area (Å²) in [7, 11) is 0. The smallest absolute Gasteiger partial charge is 0.428 e. The minimum atomic E-state index is -0.710. The van der Waals surface area contributed by atoms with Crippen LogP contribution in [0.2, 0.25) is 0 Å². The molecule has 0 aliphatic carbocycles. The first-order valence-electron chi connectivity index (χ1n) is 9.19. The lowest BCUT2D eigenvalue weighted by Gasteiger charge is -2.28. The summed E-state index contributed by atoms with van der Waals surface area (Å²) in [6, 6.07) is 5.98. The van der Waals surface area contributed by atoms with Gasteiger partial charge in [-0.25, -0.2) is 4.79 Å². The number of ether oxygens (including phenoxy) is 2. The summed E-state index contributed by atoms with van der Waals surface area (Å²) in [5, 5.41) is 1.84. The van der Waals surface area contributed by atoms with Gasteiger partial charge in [-0.3, -0.25) is 0 Å². The van der Waals surface area contributed by atoms with Crippen molar-refractivity contribution in [3.05, 3.63) is 59.1 Å². The zero-order valence-corrected chi connectivity index (χ0v) is 18.9. The molecule has 150 valence electrons. The Morgan fingerprint density at radius 3 is 2.25 bits per heavy atom. The van der Waals surface area contributed by atoms with Crippen molar-refractivity contribution in [1.29, 1.82) is 0 Å². The molecule has 0 saturated heterocycles. The van der Waals surface area contributed by atoms with E-state index in [1.54, 1.807) is 0 Å². The van der Waals surface area contributed by atoms with E-state index in [2.05, 4.69) is 34.0 Å². The second kappa shape index (κ2) is 8.82. The zero-order chi connectivity index (χ0) is 21.1. The number of anilines is 1. The molecule has 0 aromatic heterocycles. The number of hydrogen-bond acceptors (Lipinski definition) is 4. The molecule has 28 heavy (non-hydrogen) atoms. The van der Waals surface area contributed by atoms with Crippen LogP contribution in [0, 0.1) is 13.8 Å². The van der Waals surface area contributed by atoms with Crippen LogP contribution in [0.15, 0.2) is 48.0 Å². The van der Waals surface area contributed by atoms with Gasteiger partial charge in [-0.1, -0.05) is 34.1 Å². The van der Waals surface area contributed by atoms with Gasteiger partial charge in [0.1, 0.15) is 11.4 Å². The fourth-order valence-electron chi connectivity index (χ4n) is 3.12. The molecule has 0 radical (unpaired) electrons. The van der Waals surface area contributed by atoms with Crippen molar-refractivity contribution in [2.75, 3.05) is 18.0 Å². The molecule has 0 aliphatic heterocycles. The van der Waals surface area contributed by atoms with E-state index in [9.17, 15) is 4.79 Å². The Bertz CT molecular complexity index is 902. The topological polar surface area (TPSA) is 38.8 Å². The number of benzene rings is 2. The molecule has 2 aromatic carbocycles. The third-order valence-electron chi connectivity index (χ3n) is 4.33. The first-order valence-corrected chi connectivity index (χ1v) is 9.98. The summed E-state index contributed by atoms with van der Waals surface area (Å²) < 4.78 is 11.9. The maximum Gasteiger partial charge on any atom is 0.514 e. The predicted molar refractivity (Wildman–Crippen MR) is 121 cm³/mol. The van der Waals surface area contributed by atoms with Gasteiger partial charge in [-0.15, -0.1) is 13.2 Å². The van der Waals surface area contributed by atoms with E-state index in [0.717, 1.165) is 32.1 Å². The molecule has 2 rings (SSSR count). The molecule has 0 aliphatic rings. The maximum absolute atomic E-state index is 12.4. The molecule has 0 saturated carbocycles. The highest BCUT2D eigenvalue weighted by atomic mass is 79.9. The molecule has 0 spiro atoms. The third-order valence-corrected chi connectivity index (χ3v) is 4.82. The van der Waals surface area contributed by atoms with E-state index in [1.165, 1.54) is 0 Å². The lowest BCUT2D eigenvalue weighted by Crippen LogP contribution is -2.27. The van der Waals surface area contributed by atoms with E-state index >= 15 is 0 Å². The van der Waals surface area contributed by atoms with Gasteiger partial charge < -0.3 is 14.4 Å². The monoisotopic (exact) mass is 445 g/mol. The number of halogens is 1. The average molecular weight is 446 g/mol. The van der Waals surface area contributed by atoms with Gasteiger partial charge >= 0.3 is 6.16 Å². The van der Waals surface area contributed by atoms with Gasteiger partial charge in [-0.05, 0) is 57.9 Å². The average Bonchev–Trinajstić information content (AvgIpc) is 2.58. The Morgan fingerprint density at radius 1 is 1.11 bits per heavy atom. The molecule has 0 atom stereocenters. The predicted octanol–water partition coefficient (Wildman–Crippen LogP) is 6.71. The summed E-state index contributed by atoms with van der Waals surface area (Å²) in [6.45, 7) is 18.5. The minimum Gasteiger partial charge on any atom is -0.428 e. The van der Waals surface area contributed by atoms with Crippen molar-refractivity contribution in [2.24, 2.45) is 0 Å². The summed E-state index contributed by atoms with van der Waals surface area (Å²) in [6.07, 6.45) is 3.03. The Labute approximate surface area is 175 Å². The highest BCUT2D eigenvalue weighted by molar-refractivity contribution is 9.10. The fraction of sp³-hybridized carbons (Fsp3) is 0.348. The van der Waals surface area contributed by atoms with Crippen LogP contribution in [0.5, 0.6) is 5.75 Å². The van der Waals surface area contributed by atoms with E-state index in [1.807, 2.05) is 65.0 Å². The number of hydrogen-bond donors (Lipinski definition) is 0. The fourth-order valence-corrected chi connectivity index (χ4v) is 3.49. The number of fused-ring (bicyclic) bond motifs is 1. The summed E-state index contributed by atoms with van der Waals surface area (Å²) >= 11 is 3.53. The van der Waals surface area contributed by atoms with Crippen LogP contribution in [0.4, 0.5) is 10.5 Å². The SMILES string of the molecule is C=CCN(CC=C)c1c(C)c(C)c(OC(=O)OC(C)(C)C)c2cc(Br)ccc12. The van der Waals surface area contributed by atoms with Crippen LogP contribution >= 0.6 is 15.9 Å². The molecular formula is C23H28BrNO3. The number of carbonyl (C=O) groups excluding carboxylic acids is 1. The Morgan fingerprint density at radius 2 is 1.71 bits per heavy atom. The van der Waals surface area contributed by atoms with Crippen molar-refractivity contribution in [2.45, 2.75) is 40.2 Å². The molecule has 0 N–H and O–H groups in total. The van der Waals surface area contributed by atoms with Gasteiger partial charge in [0, 0.05) is 34.0 Å². The highest BCUT2D eigenvalue weighted by Crippen LogP contribution is 2.42. The standard InChI is InChI=1S/C23H28BrNO3/c1-8-12-25(13-9-2)20-15(3)16(4)21(27-22(26)28-23(5,6)7)19-14-17(24)10-11-18(19)20/h8-11,14H,1-2,12-13H2,3-7H3. The summed E-state index contributed by atoms with van der Waals surface area (Å²) in [5.41, 5.74) is 2.39. The summed E-state index contributed by atoms with van der Waals surface area (Å²) in [5.74, 6) is 0.518. The van der Waals surface area contributed by atoms with E-state index < -0.39 is 11.8 Å². The van der Waals surface area contributed by atoms with Crippen LogP contribution in [0.3, 0.4) is 0 Å². The van der Waals surface area contributed by atoms with Gasteiger partial charge in [0.05, 0.1) is 0 Å². The normalized spacial score (nSPS) is 11.2. The third kappa shape index (κ3) is 4.96. The summed E-state index contributed by atoms with van der Waals surface area (Å²) in [4.78, 5) is 14.6. The van der Waals surface area contributed by atoms with Crippen molar-refractivity contribution in [3.8, 4) is 5.75 Å². The zero-order valence-electron chi connectivity index (χ0n) is 17.3. The Hall–Kier alpha value is -2.27. The van der Waals surface area contributed by atoms with E-state index in [4.69, 9.17) is 9.47 Å². The molecule has 2 aromatic rings. The minimum absolute atomic E-state index is 0.518. The molecule has 0 unspecified atom stereocenters. The molecule has 4 nitrogen and oxygen atoms in total. The Kier molecular flexibility index (Phi) is 6.94. The van der Waals surface area contributed by atoms with E-state index in [0.29, 0.717) is 18.8 Å². The largest absolute Gasteiger partial charge is 0.514 e. The van der Waals surface area contributed by atoms with Crippen molar-refractivity contribution >= 4 is 38.5 Å². The van der Waals surface area contributed by atoms with Crippen molar-refractivity contribution in [3.63, 3.8) is 0 Å². The first kappa shape index (κ1) is 22.0.